The number of allylic oxidation sites excluding steroid dienone is 3. The molecule has 116 valence electrons. The molecule has 0 bridgehead atoms. The van der Waals surface area contributed by atoms with Crippen LogP contribution in [0.1, 0.15) is 6.92 Å². The fraction of sp³-hybridized carbons (Fsp3) is 0.0556. The Morgan fingerprint density at radius 3 is 1.65 bits per heavy atom. The second-order valence-electron chi connectivity index (χ2n) is 5.23. The van der Waals surface area contributed by atoms with Gasteiger partial charge >= 0.3 is 136 Å². The van der Waals surface area contributed by atoms with Crippen molar-refractivity contribution in [2.75, 3.05) is 0 Å². The first-order valence-corrected chi connectivity index (χ1v) is 11.4. The normalized spacial score (nSPS) is 11.9. The molecule has 0 saturated heterocycles. The van der Waals surface area contributed by atoms with Crippen LogP contribution in [-0.4, -0.2) is 17.9 Å². The van der Waals surface area contributed by atoms with Crippen molar-refractivity contribution in [3.63, 3.8) is 0 Å². The van der Waals surface area contributed by atoms with E-state index in [2.05, 4.69) is 6.58 Å². The third-order valence-corrected chi connectivity index (χ3v) is 11.9. The van der Waals surface area contributed by atoms with Gasteiger partial charge in [0.05, 0.1) is 0 Å². The molecule has 3 rings (SSSR count). The number of furan rings is 3. The van der Waals surface area contributed by atoms with E-state index >= 15 is 0 Å². The molecule has 0 saturated carbocycles. The van der Waals surface area contributed by atoms with Gasteiger partial charge in [-0.1, -0.05) is 0 Å². The molecule has 0 fully saturated rings. The molecule has 0 N–H and O–H groups in total. The van der Waals surface area contributed by atoms with Crippen LogP contribution in [0.25, 0.3) is 0 Å². The molecule has 0 spiro atoms. The van der Waals surface area contributed by atoms with E-state index in [1.165, 1.54) is 0 Å². The minimum absolute atomic E-state index is 0.0483. The Labute approximate surface area is 136 Å². The second kappa shape index (κ2) is 6.34. The molecule has 0 aliphatic rings. The number of carbonyl (C=O) groups excluding carboxylic acids is 1. The second-order valence-corrected chi connectivity index (χ2v) is 12.5. The van der Waals surface area contributed by atoms with Gasteiger partial charge in [0.1, 0.15) is 0 Å². The first kappa shape index (κ1) is 15.4. The first-order chi connectivity index (χ1) is 11.2. The van der Waals surface area contributed by atoms with Gasteiger partial charge in [-0.05, 0) is 0 Å². The molecule has 3 aromatic rings. The molecule has 0 amide bonds. The molecule has 3 heterocycles. The quantitative estimate of drug-likeness (QED) is 0.380. The van der Waals surface area contributed by atoms with Crippen molar-refractivity contribution in [2.24, 2.45) is 0 Å². The number of hydrogen-bond donors (Lipinski definition) is 0. The third kappa shape index (κ3) is 2.66. The van der Waals surface area contributed by atoms with Crippen LogP contribution in [0.2, 0.25) is 0 Å². The van der Waals surface area contributed by atoms with Crippen LogP contribution in [0.15, 0.2) is 92.7 Å². The fourth-order valence-corrected chi connectivity index (χ4v) is 10.0. The van der Waals surface area contributed by atoms with Crippen LogP contribution < -0.4 is 13.8 Å². The molecule has 0 radical (unpaired) electrons. The fourth-order valence-electron chi connectivity index (χ4n) is 2.55. The van der Waals surface area contributed by atoms with Gasteiger partial charge in [-0.15, -0.1) is 0 Å². The minimum atomic E-state index is -3.87. The van der Waals surface area contributed by atoms with Crippen molar-refractivity contribution in [1.82, 2.24) is 0 Å². The first-order valence-electron chi connectivity index (χ1n) is 7.15. The van der Waals surface area contributed by atoms with E-state index in [0.29, 0.717) is 13.8 Å². The molecule has 0 aromatic carbocycles. The van der Waals surface area contributed by atoms with Crippen molar-refractivity contribution in [1.29, 1.82) is 0 Å². The maximum absolute atomic E-state index is 13.2. The zero-order valence-electron chi connectivity index (χ0n) is 12.7. The van der Waals surface area contributed by atoms with Crippen LogP contribution in [0.3, 0.4) is 0 Å². The topological polar surface area (TPSA) is 56.5 Å². The van der Waals surface area contributed by atoms with Gasteiger partial charge in [-0.3, -0.25) is 0 Å². The summed E-state index contributed by atoms with van der Waals surface area (Å²) in [6.07, 6.45) is 7.96. The van der Waals surface area contributed by atoms with E-state index < -0.39 is 13.3 Å². The van der Waals surface area contributed by atoms with E-state index in [-0.39, 0.29) is 4.62 Å². The van der Waals surface area contributed by atoms with Gasteiger partial charge < -0.3 is 0 Å². The van der Waals surface area contributed by atoms with Crippen LogP contribution in [0.4, 0.5) is 0 Å². The van der Waals surface area contributed by atoms with Crippen molar-refractivity contribution < 1.29 is 18.0 Å². The van der Waals surface area contributed by atoms with Crippen molar-refractivity contribution >= 4 is 31.7 Å². The zero-order chi connectivity index (χ0) is 16.3. The van der Waals surface area contributed by atoms with E-state index in [9.17, 15) is 4.79 Å². The summed E-state index contributed by atoms with van der Waals surface area (Å²) in [5.41, 5.74) is 0.799. The summed E-state index contributed by atoms with van der Waals surface area (Å²) in [7, 11) is 0. The van der Waals surface area contributed by atoms with Crippen LogP contribution in [0.5, 0.6) is 0 Å². The molecular formula is C18H16GeO4. The molecule has 0 aliphatic heterocycles. The molecule has 0 atom stereocenters. The van der Waals surface area contributed by atoms with Crippen molar-refractivity contribution in [3.05, 3.63) is 79.5 Å². The number of rotatable bonds is 6. The van der Waals surface area contributed by atoms with Gasteiger partial charge in [0, 0.05) is 0 Å². The summed E-state index contributed by atoms with van der Waals surface area (Å²) >= 11 is -3.87. The summed E-state index contributed by atoms with van der Waals surface area (Å²) in [5, 5.41) is 0. The molecule has 23 heavy (non-hydrogen) atoms. The Hall–Kier alpha value is -2.47. The Morgan fingerprint density at radius 1 is 0.913 bits per heavy atom. The van der Waals surface area contributed by atoms with Gasteiger partial charge in [-0.25, -0.2) is 0 Å². The Morgan fingerprint density at radius 2 is 1.35 bits per heavy atom. The number of hydrogen-bond acceptors (Lipinski definition) is 4. The van der Waals surface area contributed by atoms with Crippen molar-refractivity contribution in [2.45, 2.75) is 6.92 Å². The summed E-state index contributed by atoms with van der Waals surface area (Å²) in [5.74, 6) is 0. The monoisotopic (exact) mass is 370 g/mol. The molecule has 5 heteroatoms. The van der Waals surface area contributed by atoms with E-state index in [0.717, 1.165) is 5.57 Å². The zero-order valence-corrected chi connectivity index (χ0v) is 14.8. The summed E-state index contributed by atoms with van der Waals surface area (Å²) in [6.45, 7) is 5.65. The van der Waals surface area contributed by atoms with E-state index in [4.69, 9.17) is 13.3 Å². The van der Waals surface area contributed by atoms with Gasteiger partial charge in [0.25, 0.3) is 0 Å². The Bertz CT molecular complexity index is 724. The maximum atomic E-state index is 13.2. The Kier molecular flexibility index (Phi) is 4.25. The summed E-state index contributed by atoms with van der Waals surface area (Å²) in [4.78, 5) is 13.2. The molecule has 0 aliphatic carbocycles. The van der Waals surface area contributed by atoms with Crippen molar-refractivity contribution in [3.8, 4) is 0 Å². The molecular weight excluding hydrogens is 353 g/mol. The summed E-state index contributed by atoms with van der Waals surface area (Å²) in [6, 6.07) is 10.8. The SMILES string of the molecule is C=C(C)/C=C/[C](=O)[Ge]([c]1ccco1)([c]1ccco1)[c]1ccco1. The standard InChI is InChI=1S/C18H16GeO4/c1-14(2)9-10-15(20)19(16-6-3-11-21-16,17-7-4-12-22-17)18-8-5-13-23-18/h3-13H,1H2,2H3/b10-9+. The summed E-state index contributed by atoms with van der Waals surface area (Å²) < 4.78 is 18.8. The molecule has 3 aromatic heterocycles. The Balaban J connectivity index is 2.27. The van der Waals surface area contributed by atoms with Gasteiger partial charge in [0.15, 0.2) is 0 Å². The van der Waals surface area contributed by atoms with Gasteiger partial charge in [-0.2, -0.15) is 0 Å². The predicted octanol–water partition coefficient (Wildman–Crippen LogP) is 2.18. The molecule has 4 nitrogen and oxygen atoms in total. The van der Waals surface area contributed by atoms with Crippen LogP contribution in [-0.2, 0) is 4.79 Å². The van der Waals surface area contributed by atoms with Crippen LogP contribution >= 0.6 is 0 Å². The third-order valence-electron chi connectivity index (χ3n) is 3.56. The van der Waals surface area contributed by atoms with Gasteiger partial charge in [0.2, 0.25) is 0 Å². The molecule has 0 unspecified atom stereocenters. The average Bonchev–Trinajstić information content (AvgIpc) is 3.29. The average molecular weight is 369 g/mol. The van der Waals surface area contributed by atoms with E-state index in [1.807, 2.05) is 25.1 Å². The number of carbonyl (C=O) groups is 1. The van der Waals surface area contributed by atoms with Crippen LogP contribution in [0, 0.1) is 0 Å². The van der Waals surface area contributed by atoms with E-state index in [1.54, 1.807) is 49.1 Å². The predicted molar refractivity (Wildman–Crippen MR) is 89.7 cm³/mol.